The van der Waals surface area contributed by atoms with Crippen LogP contribution in [0.1, 0.15) is 43.7 Å². The third-order valence-corrected chi connectivity index (χ3v) is 3.15. The van der Waals surface area contributed by atoms with Gasteiger partial charge in [0.05, 0.1) is 6.04 Å². The van der Waals surface area contributed by atoms with Crippen molar-refractivity contribution in [3.63, 3.8) is 0 Å². The quantitative estimate of drug-likeness (QED) is 0.710. The lowest BCUT2D eigenvalue weighted by Crippen LogP contribution is -2.40. The molecule has 0 saturated heterocycles. The molecule has 0 aliphatic heterocycles. The van der Waals surface area contributed by atoms with Crippen LogP contribution in [0.4, 0.5) is 0 Å². The molecule has 0 radical (unpaired) electrons. The van der Waals surface area contributed by atoms with Gasteiger partial charge in [0.1, 0.15) is 0 Å². The van der Waals surface area contributed by atoms with Crippen LogP contribution in [0, 0.1) is 0 Å². The fraction of sp³-hybridized carbons (Fsp3) is 0.467. The SMILES string of the molecule is CC(C)c1ccc(CNC(=O)[C@@H](N)CCC(N)=O)cc1.Cl. The van der Waals surface area contributed by atoms with Gasteiger partial charge in [0, 0.05) is 13.0 Å². The van der Waals surface area contributed by atoms with E-state index in [-0.39, 0.29) is 31.2 Å². The van der Waals surface area contributed by atoms with Crippen LogP contribution in [0.5, 0.6) is 0 Å². The number of nitrogens with one attached hydrogen (secondary N) is 1. The Labute approximate surface area is 131 Å². The Morgan fingerprint density at radius 2 is 1.76 bits per heavy atom. The van der Waals surface area contributed by atoms with Crippen LogP contribution >= 0.6 is 12.4 Å². The molecule has 5 N–H and O–H groups in total. The van der Waals surface area contributed by atoms with E-state index in [0.717, 1.165) is 5.56 Å². The molecule has 0 spiro atoms. The van der Waals surface area contributed by atoms with Gasteiger partial charge in [-0.3, -0.25) is 9.59 Å². The van der Waals surface area contributed by atoms with Crippen LogP contribution < -0.4 is 16.8 Å². The number of nitrogens with two attached hydrogens (primary N) is 2. The summed E-state index contributed by atoms with van der Waals surface area (Å²) in [5, 5.41) is 2.76. The predicted molar refractivity (Wildman–Crippen MR) is 86.0 cm³/mol. The lowest BCUT2D eigenvalue weighted by Gasteiger charge is -2.12. The van der Waals surface area contributed by atoms with Gasteiger partial charge in [-0.1, -0.05) is 38.1 Å². The van der Waals surface area contributed by atoms with Gasteiger partial charge in [0.15, 0.2) is 0 Å². The number of carbonyl (C=O) groups is 2. The second kappa shape index (κ2) is 9.37. The molecule has 0 fully saturated rings. The Morgan fingerprint density at radius 3 is 2.24 bits per heavy atom. The van der Waals surface area contributed by atoms with Crippen molar-refractivity contribution in [1.82, 2.24) is 5.32 Å². The Morgan fingerprint density at radius 1 is 1.19 bits per heavy atom. The van der Waals surface area contributed by atoms with Crippen LogP contribution in [0.25, 0.3) is 0 Å². The summed E-state index contributed by atoms with van der Waals surface area (Å²) in [6, 6.07) is 7.39. The minimum Gasteiger partial charge on any atom is -0.370 e. The smallest absolute Gasteiger partial charge is 0.237 e. The fourth-order valence-electron chi connectivity index (χ4n) is 1.77. The average molecular weight is 314 g/mol. The molecule has 1 aromatic rings. The Balaban J connectivity index is 0.00000400. The van der Waals surface area contributed by atoms with Crippen molar-refractivity contribution in [3.8, 4) is 0 Å². The van der Waals surface area contributed by atoms with Crippen molar-refractivity contribution in [1.29, 1.82) is 0 Å². The molecule has 21 heavy (non-hydrogen) atoms. The van der Waals surface area contributed by atoms with Gasteiger partial charge in [-0.15, -0.1) is 12.4 Å². The van der Waals surface area contributed by atoms with Crippen LogP contribution in [-0.4, -0.2) is 17.9 Å². The Kier molecular flexibility index (Phi) is 8.66. The molecule has 0 saturated carbocycles. The monoisotopic (exact) mass is 313 g/mol. The van der Waals surface area contributed by atoms with Gasteiger partial charge in [0.25, 0.3) is 0 Å². The Bertz CT molecular complexity index is 460. The van der Waals surface area contributed by atoms with Gasteiger partial charge >= 0.3 is 0 Å². The van der Waals surface area contributed by atoms with E-state index >= 15 is 0 Å². The molecular formula is C15H24ClN3O2. The topological polar surface area (TPSA) is 98.2 Å². The first kappa shape index (κ1) is 19.4. The maximum atomic E-state index is 11.7. The number of benzene rings is 1. The highest BCUT2D eigenvalue weighted by molar-refractivity contribution is 5.85. The molecule has 2 amide bonds. The highest BCUT2D eigenvalue weighted by atomic mass is 35.5. The molecule has 0 aliphatic carbocycles. The number of hydrogen-bond acceptors (Lipinski definition) is 3. The molecule has 5 nitrogen and oxygen atoms in total. The van der Waals surface area contributed by atoms with E-state index in [2.05, 4.69) is 31.3 Å². The van der Waals surface area contributed by atoms with Crippen molar-refractivity contribution in [2.24, 2.45) is 11.5 Å². The standard InChI is InChI=1S/C15H23N3O2.ClH/c1-10(2)12-5-3-11(4-6-12)9-18-15(20)13(16)7-8-14(17)19;/h3-6,10,13H,7-9,16H2,1-2H3,(H2,17,19)(H,18,20);1H/t13-;/m0./s1. The van der Waals surface area contributed by atoms with E-state index in [1.807, 2.05) is 12.1 Å². The molecule has 0 aromatic heterocycles. The Hall–Kier alpha value is -1.59. The van der Waals surface area contributed by atoms with Gasteiger partial charge < -0.3 is 16.8 Å². The van der Waals surface area contributed by atoms with Crippen LogP contribution in [0.2, 0.25) is 0 Å². The largest absolute Gasteiger partial charge is 0.370 e. The summed E-state index contributed by atoms with van der Waals surface area (Å²) in [5.74, 6) is -0.224. The molecule has 1 atom stereocenters. The van der Waals surface area contributed by atoms with E-state index in [9.17, 15) is 9.59 Å². The lowest BCUT2D eigenvalue weighted by molar-refractivity contribution is -0.123. The summed E-state index contributed by atoms with van der Waals surface area (Å²) in [5.41, 5.74) is 13.0. The van der Waals surface area contributed by atoms with Gasteiger partial charge in [-0.05, 0) is 23.5 Å². The summed E-state index contributed by atoms with van der Waals surface area (Å²) in [6.45, 7) is 4.70. The van der Waals surface area contributed by atoms with Gasteiger partial charge in [-0.25, -0.2) is 0 Å². The second-order valence-corrected chi connectivity index (χ2v) is 5.23. The molecule has 0 bridgehead atoms. The number of amides is 2. The normalized spacial score (nSPS) is 11.6. The molecule has 118 valence electrons. The lowest BCUT2D eigenvalue weighted by atomic mass is 10.0. The van der Waals surface area contributed by atoms with E-state index < -0.39 is 11.9 Å². The molecular weight excluding hydrogens is 290 g/mol. The highest BCUT2D eigenvalue weighted by Crippen LogP contribution is 2.14. The van der Waals surface area contributed by atoms with Gasteiger partial charge in [0.2, 0.25) is 11.8 Å². The summed E-state index contributed by atoms with van der Waals surface area (Å²) in [4.78, 5) is 22.3. The molecule has 1 rings (SSSR count). The number of halogens is 1. The van der Waals surface area contributed by atoms with Crippen molar-refractivity contribution >= 4 is 24.2 Å². The third-order valence-electron chi connectivity index (χ3n) is 3.15. The summed E-state index contributed by atoms with van der Waals surface area (Å²) in [7, 11) is 0. The summed E-state index contributed by atoms with van der Waals surface area (Å²) in [6.07, 6.45) is 0.394. The number of rotatable bonds is 7. The highest BCUT2D eigenvalue weighted by Gasteiger charge is 2.13. The maximum Gasteiger partial charge on any atom is 0.237 e. The minimum atomic E-state index is -0.697. The zero-order valence-electron chi connectivity index (χ0n) is 12.5. The third kappa shape index (κ3) is 7.11. The van der Waals surface area contributed by atoms with E-state index in [1.165, 1.54) is 5.56 Å². The van der Waals surface area contributed by atoms with Crippen LogP contribution in [-0.2, 0) is 16.1 Å². The second-order valence-electron chi connectivity index (χ2n) is 5.23. The predicted octanol–water partition coefficient (Wildman–Crippen LogP) is 1.44. The van der Waals surface area contributed by atoms with Crippen molar-refractivity contribution in [3.05, 3.63) is 35.4 Å². The zero-order chi connectivity index (χ0) is 15.1. The molecule has 0 aliphatic rings. The van der Waals surface area contributed by atoms with Crippen molar-refractivity contribution in [2.45, 2.75) is 45.2 Å². The first-order valence-corrected chi connectivity index (χ1v) is 6.80. The van der Waals surface area contributed by atoms with Crippen molar-refractivity contribution < 1.29 is 9.59 Å². The summed E-state index contributed by atoms with van der Waals surface area (Å²) < 4.78 is 0. The van der Waals surface area contributed by atoms with E-state index in [0.29, 0.717) is 12.5 Å². The van der Waals surface area contributed by atoms with E-state index in [1.54, 1.807) is 0 Å². The molecule has 6 heteroatoms. The minimum absolute atomic E-state index is 0. The van der Waals surface area contributed by atoms with Crippen molar-refractivity contribution in [2.75, 3.05) is 0 Å². The summed E-state index contributed by atoms with van der Waals surface area (Å²) >= 11 is 0. The zero-order valence-corrected chi connectivity index (χ0v) is 13.3. The first-order valence-electron chi connectivity index (χ1n) is 6.80. The molecule has 0 unspecified atom stereocenters. The average Bonchev–Trinajstić information content (AvgIpc) is 2.42. The maximum absolute atomic E-state index is 11.7. The van der Waals surface area contributed by atoms with Crippen LogP contribution in [0.15, 0.2) is 24.3 Å². The number of hydrogen-bond donors (Lipinski definition) is 3. The van der Waals surface area contributed by atoms with Gasteiger partial charge in [-0.2, -0.15) is 0 Å². The first-order chi connectivity index (χ1) is 9.40. The van der Waals surface area contributed by atoms with E-state index in [4.69, 9.17) is 11.5 Å². The number of primary amides is 1. The van der Waals surface area contributed by atoms with Crippen LogP contribution in [0.3, 0.4) is 0 Å². The molecule has 1 aromatic carbocycles. The number of carbonyl (C=O) groups excluding carboxylic acids is 2. The fourth-order valence-corrected chi connectivity index (χ4v) is 1.77. The molecule has 0 heterocycles.